The van der Waals surface area contributed by atoms with Gasteiger partial charge < -0.3 is 15.5 Å². The number of nitrogens with one attached hydrogen (secondary N) is 1. The molecular weight excluding hydrogens is 268 g/mol. The SMILES string of the molecule is O=C(Nc1cccc(C#CCCO)n1)c1cccc(O)c1. The first-order valence-corrected chi connectivity index (χ1v) is 6.36. The number of aromatic nitrogens is 1. The van der Waals surface area contributed by atoms with Gasteiger partial charge in [0, 0.05) is 12.0 Å². The maximum atomic E-state index is 12.0. The van der Waals surface area contributed by atoms with Crippen LogP contribution >= 0.6 is 0 Å². The highest BCUT2D eigenvalue weighted by Gasteiger charge is 2.07. The van der Waals surface area contributed by atoms with Crippen LogP contribution in [0.2, 0.25) is 0 Å². The Balaban J connectivity index is 2.11. The molecule has 0 spiro atoms. The lowest BCUT2D eigenvalue weighted by Crippen LogP contribution is -2.13. The van der Waals surface area contributed by atoms with Crippen molar-refractivity contribution in [1.82, 2.24) is 4.98 Å². The quantitative estimate of drug-likeness (QED) is 0.749. The van der Waals surface area contributed by atoms with Crippen LogP contribution in [0, 0.1) is 11.8 Å². The third-order valence-corrected chi connectivity index (χ3v) is 2.55. The number of anilines is 1. The van der Waals surface area contributed by atoms with Gasteiger partial charge in [-0.15, -0.1) is 0 Å². The molecule has 1 aromatic heterocycles. The number of nitrogens with zero attached hydrogens (tertiary/aromatic N) is 1. The zero-order chi connectivity index (χ0) is 15.1. The van der Waals surface area contributed by atoms with E-state index < -0.39 is 0 Å². The van der Waals surface area contributed by atoms with Gasteiger partial charge in [0.25, 0.3) is 5.91 Å². The number of rotatable bonds is 3. The van der Waals surface area contributed by atoms with E-state index in [1.807, 2.05) is 0 Å². The van der Waals surface area contributed by atoms with Crippen LogP contribution in [0.4, 0.5) is 5.82 Å². The van der Waals surface area contributed by atoms with Crippen LogP contribution in [-0.2, 0) is 0 Å². The number of aromatic hydroxyl groups is 1. The number of benzene rings is 1. The summed E-state index contributed by atoms with van der Waals surface area (Å²) in [5, 5.41) is 20.7. The molecule has 0 saturated carbocycles. The third-order valence-electron chi connectivity index (χ3n) is 2.55. The van der Waals surface area contributed by atoms with E-state index in [2.05, 4.69) is 22.1 Å². The summed E-state index contributed by atoms with van der Waals surface area (Å²) in [6.45, 7) is 0.000920. The van der Waals surface area contributed by atoms with Gasteiger partial charge >= 0.3 is 0 Å². The van der Waals surface area contributed by atoms with Gasteiger partial charge in [-0.3, -0.25) is 4.79 Å². The van der Waals surface area contributed by atoms with Crippen molar-refractivity contribution < 1.29 is 15.0 Å². The minimum Gasteiger partial charge on any atom is -0.508 e. The van der Waals surface area contributed by atoms with E-state index in [0.717, 1.165) is 0 Å². The average Bonchev–Trinajstić information content (AvgIpc) is 2.48. The first-order chi connectivity index (χ1) is 10.2. The zero-order valence-corrected chi connectivity index (χ0v) is 11.2. The number of hydrogen-bond donors (Lipinski definition) is 3. The maximum Gasteiger partial charge on any atom is 0.256 e. The standard InChI is InChI=1S/C16H14N2O3/c19-10-2-1-6-13-7-4-9-15(17-13)18-16(21)12-5-3-8-14(20)11-12/h3-5,7-9,11,19-20H,2,10H2,(H,17,18,21). The van der Waals surface area contributed by atoms with E-state index in [-0.39, 0.29) is 18.3 Å². The van der Waals surface area contributed by atoms with Gasteiger partial charge in [-0.25, -0.2) is 4.98 Å². The van der Waals surface area contributed by atoms with E-state index in [0.29, 0.717) is 23.5 Å². The summed E-state index contributed by atoms with van der Waals surface area (Å²) in [4.78, 5) is 16.2. The van der Waals surface area contributed by atoms with Crippen molar-refractivity contribution in [3.63, 3.8) is 0 Å². The number of carbonyl (C=O) groups excluding carboxylic acids is 1. The number of phenolic OH excluding ortho intramolecular Hbond substituents is 1. The van der Waals surface area contributed by atoms with Crippen LogP contribution in [-0.4, -0.2) is 27.7 Å². The van der Waals surface area contributed by atoms with Crippen LogP contribution in [0.3, 0.4) is 0 Å². The largest absolute Gasteiger partial charge is 0.508 e. The fourth-order valence-corrected chi connectivity index (χ4v) is 1.62. The molecule has 1 heterocycles. The lowest BCUT2D eigenvalue weighted by molar-refractivity contribution is 0.102. The summed E-state index contributed by atoms with van der Waals surface area (Å²) in [5.74, 6) is 5.60. The molecule has 0 atom stereocenters. The molecule has 0 aliphatic carbocycles. The maximum absolute atomic E-state index is 12.0. The number of pyridine rings is 1. The molecule has 21 heavy (non-hydrogen) atoms. The van der Waals surface area contributed by atoms with Gasteiger partial charge in [-0.05, 0) is 36.3 Å². The van der Waals surface area contributed by atoms with Crippen molar-refractivity contribution in [2.75, 3.05) is 11.9 Å². The molecule has 0 radical (unpaired) electrons. The summed E-state index contributed by atoms with van der Waals surface area (Å²) < 4.78 is 0. The van der Waals surface area contributed by atoms with Crippen LogP contribution in [0.15, 0.2) is 42.5 Å². The Hall–Kier alpha value is -2.84. The molecule has 0 aliphatic heterocycles. The molecule has 0 aliphatic rings. The van der Waals surface area contributed by atoms with E-state index in [1.165, 1.54) is 12.1 Å². The van der Waals surface area contributed by atoms with Crippen molar-refractivity contribution in [1.29, 1.82) is 0 Å². The second-order valence-corrected chi connectivity index (χ2v) is 4.19. The number of phenols is 1. The van der Waals surface area contributed by atoms with E-state index in [1.54, 1.807) is 30.3 Å². The van der Waals surface area contributed by atoms with Crippen molar-refractivity contribution in [2.45, 2.75) is 6.42 Å². The molecule has 1 aromatic carbocycles. The average molecular weight is 282 g/mol. The summed E-state index contributed by atoms with van der Waals surface area (Å²) in [5.41, 5.74) is 0.853. The van der Waals surface area contributed by atoms with Crippen LogP contribution in [0.25, 0.3) is 0 Å². The van der Waals surface area contributed by atoms with E-state index in [9.17, 15) is 9.90 Å². The molecule has 5 heteroatoms. The summed E-state index contributed by atoms with van der Waals surface area (Å²) in [7, 11) is 0. The van der Waals surface area contributed by atoms with Crippen LogP contribution in [0.5, 0.6) is 5.75 Å². The minimum atomic E-state index is -0.362. The highest BCUT2D eigenvalue weighted by molar-refractivity contribution is 6.04. The highest BCUT2D eigenvalue weighted by Crippen LogP contribution is 2.13. The second-order valence-electron chi connectivity index (χ2n) is 4.19. The Kier molecular flexibility index (Phi) is 4.91. The Labute approximate surface area is 122 Å². The highest BCUT2D eigenvalue weighted by atomic mass is 16.3. The molecule has 0 bridgehead atoms. The second kappa shape index (κ2) is 7.08. The monoisotopic (exact) mass is 282 g/mol. The minimum absolute atomic E-state index is 0.000920. The first kappa shape index (κ1) is 14.6. The lowest BCUT2D eigenvalue weighted by atomic mass is 10.2. The molecular formula is C16H14N2O3. The van der Waals surface area contributed by atoms with Gasteiger partial charge in [0.05, 0.1) is 6.61 Å². The predicted octanol–water partition coefficient (Wildman–Crippen LogP) is 1.77. The van der Waals surface area contributed by atoms with Crippen molar-refractivity contribution >= 4 is 11.7 Å². The van der Waals surface area contributed by atoms with Gasteiger partial charge in [0.15, 0.2) is 0 Å². The Bertz CT molecular complexity index is 702. The summed E-state index contributed by atoms with van der Waals surface area (Å²) in [6.07, 6.45) is 0.377. The Morgan fingerprint density at radius 2 is 2.05 bits per heavy atom. The van der Waals surface area contributed by atoms with Crippen LogP contribution in [0.1, 0.15) is 22.5 Å². The van der Waals surface area contributed by atoms with Crippen molar-refractivity contribution in [2.24, 2.45) is 0 Å². The lowest BCUT2D eigenvalue weighted by Gasteiger charge is -2.05. The molecule has 2 aromatic rings. The third kappa shape index (κ3) is 4.34. The first-order valence-electron chi connectivity index (χ1n) is 6.36. The summed E-state index contributed by atoms with van der Waals surface area (Å²) >= 11 is 0. The van der Waals surface area contributed by atoms with Crippen molar-refractivity contribution in [3.8, 4) is 17.6 Å². The topological polar surface area (TPSA) is 82.5 Å². The number of aliphatic hydroxyl groups is 1. The molecule has 2 rings (SSSR count). The van der Waals surface area contributed by atoms with E-state index >= 15 is 0 Å². The Morgan fingerprint density at radius 3 is 2.81 bits per heavy atom. The number of hydrogen-bond acceptors (Lipinski definition) is 4. The molecule has 0 fully saturated rings. The molecule has 106 valence electrons. The normalized spacial score (nSPS) is 9.57. The smallest absolute Gasteiger partial charge is 0.256 e. The van der Waals surface area contributed by atoms with Crippen molar-refractivity contribution in [3.05, 3.63) is 53.7 Å². The number of carbonyl (C=O) groups is 1. The molecule has 3 N–H and O–H groups in total. The summed E-state index contributed by atoms with van der Waals surface area (Å²) in [6, 6.07) is 11.2. The molecule has 0 unspecified atom stereocenters. The fraction of sp³-hybridized carbons (Fsp3) is 0.125. The van der Waals surface area contributed by atoms with Gasteiger partial charge in [0.2, 0.25) is 0 Å². The molecule has 0 saturated heterocycles. The Morgan fingerprint density at radius 1 is 1.24 bits per heavy atom. The van der Waals surface area contributed by atoms with Gasteiger partial charge in [-0.1, -0.05) is 18.1 Å². The fourth-order valence-electron chi connectivity index (χ4n) is 1.62. The molecule has 1 amide bonds. The number of aliphatic hydroxyl groups excluding tert-OH is 1. The number of amides is 1. The molecule has 5 nitrogen and oxygen atoms in total. The zero-order valence-electron chi connectivity index (χ0n) is 11.2. The van der Waals surface area contributed by atoms with Gasteiger partial charge in [0.1, 0.15) is 17.3 Å². The van der Waals surface area contributed by atoms with E-state index in [4.69, 9.17) is 5.11 Å². The van der Waals surface area contributed by atoms with Gasteiger partial charge in [-0.2, -0.15) is 0 Å². The van der Waals surface area contributed by atoms with Crippen LogP contribution < -0.4 is 5.32 Å². The predicted molar refractivity (Wildman–Crippen MR) is 78.9 cm³/mol.